The Labute approximate surface area is 274 Å². The first-order valence-corrected chi connectivity index (χ1v) is 17.4. The van der Waals surface area contributed by atoms with E-state index in [1.807, 2.05) is 44.2 Å². The fourth-order valence-electron chi connectivity index (χ4n) is 5.18. The van der Waals surface area contributed by atoms with Gasteiger partial charge in [0.2, 0.25) is 10.0 Å². The van der Waals surface area contributed by atoms with E-state index in [4.69, 9.17) is 10.00 Å². The van der Waals surface area contributed by atoms with Crippen molar-refractivity contribution in [2.45, 2.75) is 95.3 Å². The van der Waals surface area contributed by atoms with Crippen LogP contribution in [0.3, 0.4) is 0 Å². The van der Waals surface area contributed by atoms with Gasteiger partial charge in [0, 0.05) is 29.3 Å². The third-order valence-corrected chi connectivity index (χ3v) is 10.1. The highest BCUT2D eigenvalue weighted by molar-refractivity contribution is 7.89. The van der Waals surface area contributed by atoms with Gasteiger partial charge in [0.05, 0.1) is 33.1 Å². The average molecular weight is 668 g/mol. The van der Waals surface area contributed by atoms with Crippen molar-refractivity contribution in [1.29, 1.82) is 5.26 Å². The number of nitriles is 1. The van der Waals surface area contributed by atoms with Gasteiger partial charge >= 0.3 is 12.1 Å². The second-order valence-corrected chi connectivity index (χ2v) is 15.2. The number of rotatable bonds is 10. The van der Waals surface area contributed by atoms with E-state index < -0.39 is 27.7 Å². The van der Waals surface area contributed by atoms with Crippen LogP contribution in [0, 0.1) is 11.5 Å². The Morgan fingerprint density at radius 3 is 2.43 bits per heavy atom. The smallest absolute Gasteiger partial charge is 0.407 e. The molecule has 0 bridgehead atoms. The zero-order chi connectivity index (χ0) is 33.5. The molecule has 1 aliphatic carbocycles. The van der Waals surface area contributed by atoms with Crippen LogP contribution in [-0.4, -0.2) is 48.2 Å². The number of nitrogens with zero attached hydrogens (tertiary/aromatic N) is 3. The van der Waals surface area contributed by atoms with Gasteiger partial charge in [0.15, 0.2) is 6.19 Å². The highest BCUT2D eigenvalue weighted by atomic mass is 32.2. The van der Waals surface area contributed by atoms with Crippen molar-refractivity contribution in [3.05, 3.63) is 65.3 Å². The first kappa shape index (κ1) is 34.7. The number of benzene rings is 2. The number of hydrogen-bond acceptors (Lipinski definition) is 9. The van der Waals surface area contributed by atoms with E-state index in [0.717, 1.165) is 36.3 Å². The standard InChI is InChI=1S/C32H41N7O5S2/c1-21(2)44-31(41)36-24-13-11-23(12-14-24)29-34-18-27(45-29)26-16-15-25(17-28(26)46(42,43)38-32(3,4)5)37-39(30(40)35-20-33)19-22-9-7-6-8-10-22/h6-10,15-18,21,23-24,37-38H,11-14,19H2,1-5H3,(H,35,40)(H,36,41). The van der Waals surface area contributed by atoms with Gasteiger partial charge in [-0.3, -0.25) is 5.43 Å². The summed E-state index contributed by atoms with van der Waals surface area (Å²) >= 11 is 1.45. The lowest BCUT2D eigenvalue weighted by atomic mass is 9.86. The minimum Gasteiger partial charge on any atom is -0.447 e. The maximum absolute atomic E-state index is 13.8. The molecule has 1 heterocycles. The molecule has 1 saturated carbocycles. The van der Waals surface area contributed by atoms with Gasteiger partial charge in [0.25, 0.3) is 0 Å². The summed E-state index contributed by atoms with van der Waals surface area (Å²) in [5, 5.41) is 16.2. The zero-order valence-electron chi connectivity index (χ0n) is 26.7. The van der Waals surface area contributed by atoms with E-state index >= 15 is 0 Å². The molecule has 1 aromatic heterocycles. The SMILES string of the molecule is CC(C)OC(=O)NC1CCC(c2ncc(-c3ccc(NN(Cc4ccccc4)C(=O)NC#N)cc3S(=O)(=O)NC(C)(C)C)s2)CC1. The van der Waals surface area contributed by atoms with E-state index in [2.05, 4.69) is 25.8 Å². The summed E-state index contributed by atoms with van der Waals surface area (Å²) in [7, 11) is -4.02. The number of aromatic nitrogens is 1. The number of thiazole rings is 1. The number of amides is 3. The molecule has 12 nitrogen and oxygen atoms in total. The Kier molecular flexibility index (Phi) is 11.3. The predicted octanol–water partition coefficient (Wildman–Crippen LogP) is 6.07. The van der Waals surface area contributed by atoms with Crippen LogP contribution in [0.1, 0.15) is 76.8 Å². The van der Waals surface area contributed by atoms with Crippen molar-refractivity contribution in [1.82, 2.24) is 25.3 Å². The van der Waals surface area contributed by atoms with Crippen LogP contribution < -0.4 is 20.8 Å². The van der Waals surface area contributed by atoms with Crippen LogP contribution in [0.15, 0.2) is 59.6 Å². The van der Waals surface area contributed by atoms with Crippen molar-refractivity contribution in [2.75, 3.05) is 5.43 Å². The number of hydrazine groups is 1. The van der Waals surface area contributed by atoms with E-state index in [0.29, 0.717) is 16.1 Å². The van der Waals surface area contributed by atoms with Gasteiger partial charge in [0.1, 0.15) is 0 Å². The van der Waals surface area contributed by atoms with Crippen molar-refractivity contribution < 1.29 is 22.7 Å². The van der Waals surface area contributed by atoms with E-state index in [-0.39, 0.29) is 29.5 Å². The summed E-state index contributed by atoms with van der Waals surface area (Å²) in [6.45, 7) is 9.03. The second-order valence-electron chi connectivity index (χ2n) is 12.5. The molecule has 0 atom stereocenters. The molecule has 0 saturated heterocycles. The number of sulfonamides is 1. The van der Waals surface area contributed by atoms with Crippen LogP contribution in [0.4, 0.5) is 15.3 Å². The minimum absolute atomic E-state index is 0.0274. The summed E-state index contributed by atoms with van der Waals surface area (Å²) in [6.07, 6.45) is 6.01. The molecule has 4 N–H and O–H groups in total. The van der Waals surface area contributed by atoms with E-state index in [1.165, 1.54) is 22.4 Å². The summed E-state index contributed by atoms with van der Waals surface area (Å²) in [6, 6.07) is 13.4. The molecule has 0 aliphatic heterocycles. The van der Waals surface area contributed by atoms with E-state index in [1.54, 1.807) is 45.3 Å². The van der Waals surface area contributed by atoms with Crippen LogP contribution in [0.2, 0.25) is 0 Å². The molecule has 3 amide bonds. The maximum atomic E-state index is 13.8. The number of carbonyl (C=O) groups excluding carboxylic acids is 2. The number of ether oxygens (including phenoxy) is 1. The van der Waals surface area contributed by atoms with Crippen LogP contribution in [0.25, 0.3) is 10.4 Å². The molecule has 1 aliphatic rings. The van der Waals surface area contributed by atoms with Gasteiger partial charge in [-0.2, -0.15) is 5.26 Å². The fraction of sp³-hybridized carbons (Fsp3) is 0.438. The molecule has 246 valence electrons. The summed E-state index contributed by atoms with van der Waals surface area (Å²) in [5.41, 5.74) is 3.85. The lowest BCUT2D eigenvalue weighted by Crippen LogP contribution is -2.42. The largest absolute Gasteiger partial charge is 0.447 e. The summed E-state index contributed by atoms with van der Waals surface area (Å²) < 4.78 is 35.5. The maximum Gasteiger partial charge on any atom is 0.407 e. The number of urea groups is 1. The second kappa shape index (κ2) is 14.9. The van der Waals surface area contributed by atoms with Gasteiger partial charge in [-0.05, 0) is 78.0 Å². The first-order valence-electron chi connectivity index (χ1n) is 15.1. The topological polar surface area (TPSA) is 166 Å². The highest BCUT2D eigenvalue weighted by Crippen LogP contribution is 2.40. The molecule has 14 heteroatoms. The third kappa shape index (κ3) is 9.65. The van der Waals surface area contributed by atoms with Crippen LogP contribution in [0.5, 0.6) is 0 Å². The molecule has 0 unspecified atom stereocenters. The number of hydrogen-bond donors (Lipinski definition) is 4. The summed E-state index contributed by atoms with van der Waals surface area (Å²) in [4.78, 5) is 30.2. The lowest BCUT2D eigenvalue weighted by Gasteiger charge is -2.28. The number of alkyl carbamates (subject to hydrolysis) is 1. The van der Waals surface area contributed by atoms with Crippen molar-refractivity contribution in [3.8, 4) is 16.6 Å². The molecule has 0 radical (unpaired) electrons. The minimum atomic E-state index is -4.02. The Hall–Kier alpha value is -4.19. The summed E-state index contributed by atoms with van der Waals surface area (Å²) in [5.74, 6) is 0.191. The fourth-order valence-corrected chi connectivity index (χ4v) is 8.03. The normalized spacial score (nSPS) is 16.7. The van der Waals surface area contributed by atoms with Gasteiger partial charge in [-0.1, -0.05) is 36.4 Å². The number of nitrogens with one attached hydrogen (secondary N) is 4. The van der Waals surface area contributed by atoms with E-state index in [9.17, 15) is 18.0 Å². The van der Waals surface area contributed by atoms with Crippen LogP contribution >= 0.6 is 11.3 Å². The molecular weight excluding hydrogens is 627 g/mol. The first-order chi connectivity index (χ1) is 21.7. The zero-order valence-corrected chi connectivity index (χ0v) is 28.3. The molecule has 4 rings (SSSR count). The predicted molar refractivity (Wildman–Crippen MR) is 177 cm³/mol. The third-order valence-electron chi connectivity index (χ3n) is 7.10. The molecule has 1 fully saturated rings. The Bertz CT molecular complexity index is 1660. The molecular formula is C32H41N7O5S2. The quantitative estimate of drug-likeness (QED) is 0.115. The Balaban J connectivity index is 1.60. The lowest BCUT2D eigenvalue weighted by molar-refractivity contribution is 0.109. The van der Waals surface area contributed by atoms with Crippen molar-refractivity contribution >= 4 is 39.2 Å². The molecule has 2 aromatic carbocycles. The van der Waals surface area contributed by atoms with Crippen molar-refractivity contribution in [2.24, 2.45) is 0 Å². The Morgan fingerprint density at radius 1 is 1.11 bits per heavy atom. The van der Waals surface area contributed by atoms with Gasteiger partial charge in [-0.15, -0.1) is 11.3 Å². The molecule has 3 aromatic rings. The van der Waals surface area contributed by atoms with Gasteiger partial charge in [-0.25, -0.2) is 38.0 Å². The monoisotopic (exact) mass is 667 g/mol. The van der Waals surface area contributed by atoms with Gasteiger partial charge < -0.3 is 10.1 Å². The van der Waals surface area contributed by atoms with Crippen LogP contribution in [-0.2, 0) is 21.3 Å². The number of carbonyl (C=O) groups is 2. The van der Waals surface area contributed by atoms with Crippen molar-refractivity contribution in [3.63, 3.8) is 0 Å². The molecule has 46 heavy (non-hydrogen) atoms. The average Bonchev–Trinajstić information content (AvgIpc) is 3.46. The Morgan fingerprint density at radius 2 is 1.80 bits per heavy atom. The molecule has 0 spiro atoms. The highest BCUT2D eigenvalue weighted by Gasteiger charge is 2.29. The number of anilines is 1.